The summed E-state index contributed by atoms with van der Waals surface area (Å²) in [6, 6.07) is 3.07. The molecule has 13 heavy (non-hydrogen) atoms. The second-order valence-electron chi connectivity index (χ2n) is 2.28. The molecule has 0 bridgehead atoms. The van der Waals surface area contributed by atoms with Gasteiger partial charge in [0.2, 0.25) is 0 Å². The average molecular weight is 210 g/mol. The van der Waals surface area contributed by atoms with E-state index in [0.29, 0.717) is 0 Å². The summed E-state index contributed by atoms with van der Waals surface area (Å²) >= 11 is 0. The molecule has 0 aliphatic rings. The van der Waals surface area contributed by atoms with Gasteiger partial charge in [-0.05, 0) is 18.6 Å². The normalized spacial score (nSPS) is 10.3. The van der Waals surface area contributed by atoms with E-state index in [4.69, 9.17) is 0 Å². The topological polar surface area (TPSA) is 82.1 Å². The van der Waals surface area contributed by atoms with Crippen molar-refractivity contribution < 1.29 is 42.5 Å². The van der Waals surface area contributed by atoms with Crippen LogP contribution in [0.25, 0.3) is 0 Å². The van der Waals surface area contributed by atoms with Crippen molar-refractivity contribution in [2.24, 2.45) is 0 Å². The van der Waals surface area contributed by atoms with Gasteiger partial charge in [-0.1, -0.05) is 6.07 Å². The number of aryl methyl sites for hydroxylation is 1. The van der Waals surface area contributed by atoms with Crippen LogP contribution in [-0.4, -0.2) is 18.0 Å². The summed E-state index contributed by atoms with van der Waals surface area (Å²) in [5.41, 5.74) is 0.892. The number of nitrogens with zero attached hydrogens (tertiary/aromatic N) is 1. The Bertz CT molecular complexity index is 362. The van der Waals surface area contributed by atoms with E-state index in [1.807, 2.05) is 6.92 Å². The fourth-order valence-corrected chi connectivity index (χ4v) is 1.03. The Hall–Kier alpha value is -0.140. The zero-order valence-corrected chi connectivity index (χ0v) is 10.1. The SMILES string of the molecule is Cc1ccc(NS(=O)(=O)[O-])nc1.[Na+]. The quantitative estimate of drug-likeness (QED) is 0.424. The fourth-order valence-electron chi connectivity index (χ4n) is 0.656. The van der Waals surface area contributed by atoms with Crippen LogP contribution in [0.15, 0.2) is 18.3 Å². The molecule has 1 aromatic rings. The zero-order valence-electron chi connectivity index (χ0n) is 7.31. The van der Waals surface area contributed by atoms with E-state index >= 15 is 0 Å². The third kappa shape index (κ3) is 5.22. The smallest absolute Gasteiger partial charge is 0.731 e. The van der Waals surface area contributed by atoms with E-state index in [2.05, 4.69) is 4.98 Å². The van der Waals surface area contributed by atoms with Gasteiger partial charge in [-0.2, -0.15) is 0 Å². The molecular weight excluding hydrogens is 203 g/mol. The summed E-state index contributed by atoms with van der Waals surface area (Å²) in [5.74, 6) is 0.0376. The number of nitrogens with one attached hydrogen (secondary N) is 1. The van der Waals surface area contributed by atoms with Gasteiger partial charge in [-0.3, -0.25) is 4.72 Å². The summed E-state index contributed by atoms with van der Waals surface area (Å²) in [6.45, 7) is 1.81. The van der Waals surface area contributed by atoms with Crippen LogP contribution in [-0.2, 0) is 10.3 Å². The molecule has 1 heterocycles. The molecule has 0 atom stereocenters. The van der Waals surface area contributed by atoms with Crippen molar-refractivity contribution in [2.45, 2.75) is 6.92 Å². The fraction of sp³-hybridized carbons (Fsp3) is 0.167. The average Bonchev–Trinajstić information content (AvgIpc) is 1.91. The van der Waals surface area contributed by atoms with Gasteiger partial charge in [0, 0.05) is 6.20 Å². The van der Waals surface area contributed by atoms with Crippen LogP contribution in [0, 0.1) is 6.92 Å². The first-order valence-corrected chi connectivity index (χ1v) is 4.54. The van der Waals surface area contributed by atoms with Crippen molar-refractivity contribution in [1.29, 1.82) is 0 Å². The maximum Gasteiger partial charge on any atom is 1.00 e. The van der Waals surface area contributed by atoms with Crippen molar-refractivity contribution >= 4 is 16.1 Å². The predicted octanol–water partition coefficient (Wildman–Crippen LogP) is -2.73. The Morgan fingerprint density at radius 3 is 2.46 bits per heavy atom. The summed E-state index contributed by atoms with van der Waals surface area (Å²) < 4.78 is 32.3. The molecule has 0 saturated heterocycles. The Balaban J connectivity index is 0.00000144. The molecular formula is C6H7N2NaO3S. The van der Waals surface area contributed by atoms with Gasteiger partial charge in [0.1, 0.15) is 5.82 Å². The molecule has 0 aliphatic carbocycles. The van der Waals surface area contributed by atoms with Crippen molar-refractivity contribution in [3.05, 3.63) is 23.9 Å². The number of pyridine rings is 1. The molecule has 0 aliphatic heterocycles. The minimum absolute atomic E-state index is 0. The Kier molecular flexibility index (Phi) is 4.87. The van der Waals surface area contributed by atoms with E-state index in [1.165, 1.54) is 12.3 Å². The van der Waals surface area contributed by atoms with Gasteiger partial charge in [0.25, 0.3) is 0 Å². The molecule has 66 valence electrons. The molecule has 1 N–H and O–H groups in total. The molecule has 0 radical (unpaired) electrons. The maximum absolute atomic E-state index is 10.2. The third-order valence-electron chi connectivity index (χ3n) is 1.14. The molecule has 0 aromatic carbocycles. The Labute approximate surface area is 98.7 Å². The van der Waals surface area contributed by atoms with Gasteiger partial charge in [0.15, 0.2) is 10.3 Å². The van der Waals surface area contributed by atoms with Crippen LogP contribution in [0.5, 0.6) is 0 Å². The molecule has 0 spiro atoms. The van der Waals surface area contributed by atoms with Crippen molar-refractivity contribution in [3.8, 4) is 0 Å². The van der Waals surface area contributed by atoms with Crippen molar-refractivity contribution in [3.63, 3.8) is 0 Å². The van der Waals surface area contributed by atoms with Crippen LogP contribution in [0.1, 0.15) is 5.56 Å². The molecule has 0 unspecified atom stereocenters. The van der Waals surface area contributed by atoms with Crippen molar-refractivity contribution in [2.75, 3.05) is 4.72 Å². The third-order valence-corrected chi connectivity index (χ3v) is 1.60. The van der Waals surface area contributed by atoms with Gasteiger partial charge in [-0.25, -0.2) is 13.4 Å². The van der Waals surface area contributed by atoms with Gasteiger partial charge in [0.05, 0.1) is 0 Å². The maximum atomic E-state index is 10.2. The van der Waals surface area contributed by atoms with E-state index in [1.54, 1.807) is 10.8 Å². The molecule has 0 fully saturated rings. The standard InChI is InChI=1S/C6H8N2O3S.Na/c1-5-2-3-6(7-4-5)8-12(9,10)11;/h2-4H,1H3,(H,7,8)(H,9,10,11);/q;+1/p-1. The van der Waals surface area contributed by atoms with E-state index < -0.39 is 10.3 Å². The number of rotatable bonds is 2. The number of hydrogen-bond acceptors (Lipinski definition) is 4. The van der Waals surface area contributed by atoms with E-state index in [0.717, 1.165) is 5.56 Å². The van der Waals surface area contributed by atoms with Crippen LogP contribution in [0.2, 0.25) is 0 Å². The molecule has 1 aromatic heterocycles. The van der Waals surface area contributed by atoms with Crippen LogP contribution in [0.4, 0.5) is 5.82 Å². The first kappa shape index (κ1) is 12.9. The van der Waals surface area contributed by atoms with Crippen molar-refractivity contribution in [1.82, 2.24) is 4.98 Å². The molecule has 1 rings (SSSR count). The van der Waals surface area contributed by atoms with E-state index in [-0.39, 0.29) is 35.4 Å². The van der Waals surface area contributed by atoms with Crippen LogP contribution in [0.3, 0.4) is 0 Å². The number of anilines is 1. The van der Waals surface area contributed by atoms with Gasteiger partial charge < -0.3 is 4.55 Å². The molecule has 0 amide bonds. The number of aromatic nitrogens is 1. The Morgan fingerprint density at radius 1 is 1.46 bits per heavy atom. The second kappa shape index (κ2) is 4.92. The largest absolute Gasteiger partial charge is 1.00 e. The predicted molar refractivity (Wildman–Crippen MR) is 42.3 cm³/mol. The minimum atomic E-state index is -4.45. The molecule has 5 nitrogen and oxygen atoms in total. The summed E-state index contributed by atoms with van der Waals surface area (Å²) in [4.78, 5) is 3.67. The Morgan fingerprint density at radius 2 is 2.08 bits per heavy atom. The summed E-state index contributed by atoms with van der Waals surface area (Å²) in [6.07, 6.45) is 1.47. The van der Waals surface area contributed by atoms with Crippen LogP contribution >= 0.6 is 0 Å². The van der Waals surface area contributed by atoms with Gasteiger partial charge >= 0.3 is 29.6 Å². The monoisotopic (exact) mass is 210 g/mol. The summed E-state index contributed by atoms with van der Waals surface area (Å²) in [7, 11) is -4.45. The summed E-state index contributed by atoms with van der Waals surface area (Å²) in [5, 5.41) is 0. The minimum Gasteiger partial charge on any atom is -0.731 e. The first-order valence-electron chi connectivity index (χ1n) is 3.14. The second-order valence-corrected chi connectivity index (χ2v) is 3.39. The van der Waals surface area contributed by atoms with Crippen LogP contribution < -0.4 is 34.3 Å². The number of hydrogen-bond donors (Lipinski definition) is 1. The van der Waals surface area contributed by atoms with Gasteiger partial charge in [-0.15, -0.1) is 0 Å². The zero-order chi connectivity index (χ0) is 9.19. The first-order chi connectivity index (χ1) is 5.47. The molecule has 7 heteroatoms. The molecule has 0 saturated carbocycles. The van der Waals surface area contributed by atoms with E-state index in [9.17, 15) is 13.0 Å².